The largest absolute Gasteiger partial charge is 2.00 e. The molecule has 0 aliphatic heterocycles. The molecule has 0 fully saturated rings. The first-order valence-electron chi connectivity index (χ1n) is 10.1. The Morgan fingerprint density at radius 1 is 0.579 bits per heavy atom. The zero-order chi connectivity index (χ0) is 27.0. The normalized spacial score (nSPS) is 10.8. The second-order valence-electron chi connectivity index (χ2n) is 7.17. The van der Waals surface area contributed by atoms with Crippen LogP contribution in [0.15, 0.2) is 73.2 Å². The summed E-state index contributed by atoms with van der Waals surface area (Å²) in [6.45, 7) is 4.37. The Hall–Kier alpha value is -1.89. The molecule has 0 bridgehead atoms. The van der Waals surface area contributed by atoms with Gasteiger partial charge in [0, 0.05) is 51.3 Å². The fourth-order valence-corrected chi connectivity index (χ4v) is 2.81. The molecule has 0 aliphatic rings. The van der Waals surface area contributed by atoms with Gasteiger partial charge in [-0.2, -0.15) is 0 Å². The molecule has 0 aliphatic carbocycles. The molecule has 0 aromatic carbocycles. The van der Waals surface area contributed by atoms with E-state index in [9.17, 15) is 0 Å². The molecule has 3 aromatic rings. The second kappa shape index (κ2) is 20.1. The van der Waals surface area contributed by atoms with Gasteiger partial charge in [-0.05, 0) is 43.4 Å². The minimum Gasteiger partial charge on any atom is -0.457 e. The predicted molar refractivity (Wildman–Crippen MR) is 108 cm³/mol. The van der Waals surface area contributed by atoms with Gasteiger partial charge in [0.2, 0.25) is 0 Å². The molecule has 0 saturated carbocycles. The monoisotopic (exact) mass is 619 g/mol. The van der Waals surface area contributed by atoms with E-state index in [1.54, 1.807) is 0 Å². The zero-order valence-corrected chi connectivity index (χ0v) is 22.9. The second-order valence-corrected chi connectivity index (χ2v) is 8.68. The standard InChI is InChI=1S/C21H25N5.2ClHO4.Mn.H2O/c1-25(16-19-8-2-5-11-22-19)14-15-26(17-20-9-3-6-12-23-20)18-21-10-4-7-13-24-21;2*2-1(3,4)5;;/h2-13H,14-18H2,1H3;2*(H,2,3,4,5);;1H2/q;;;+2;/p-1. The third-order valence-electron chi connectivity index (χ3n) is 4.18. The van der Waals surface area contributed by atoms with Crippen molar-refractivity contribution in [1.82, 2.24) is 24.8 Å². The number of pyridine rings is 3. The van der Waals surface area contributed by atoms with Crippen LogP contribution < -0.4 is 37.3 Å². The molecule has 17 heteroatoms. The molecule has 3 heterocycles. The van der Waals surface area contributed by atoms with Crippen LogP contribution in [0, 0.1) is 20.5 Å². The van der Waals surface area contributed by atoms with Crippen molar-refractivity contribution < 1.29 is 80.3 Å². The summed E-state index contributed by atoms with van der Waals surface area (Å²) in [6.07, 6.45) is 5.54. The first-order valence-corrected chi connectivity index (χ1v) is 12.6. The van der Waals surface area contributed by atoms with Crippen molar-refractivity contribution in [3.05, 3.63) is 90.3 Å². The van der Waals surface area contributed by atoms with Crippen LogP contribution >= 0.6 is 0 Å². The van der Waals surface area contributed by atoms with E-state index < -0.39 is 20.5 Å². The molecule has 14 nitrogen and oxygen atoms in total. The number of nitrogens with zero attached hydrogens (tertiary/aromatic N) is 5. The van der Waals surface area contributed by atoms with E-state index in [1.807, 2.05) is 55.0 Å². The molecule has 0 atom stereocenters. The summed E-state index contributed by atoms with van der Waals surface area (Å²) in [6, 6.07) is 18.2. The Labute approximate surface area is 234 Å². The summed E-state index contributed by atoms with van der Waals surface area (Å²) < 4.78 is 67.9. The Balaban J connectivity index is 0. The van der Waals surface area contributed by atoms with Crippen molar-refractivity contribution in [3.63, 3.8) is 0 Å². The number of hydrogen-bond acceptors (Lipinski definition) is 13. The van der Waals surface area contributed by atoms with Crippen LogP contribution in [0.4, 0.5) is 0 Å². The molecule has 3 rings (SSSR count). The molecule has 1 radical (unpaired) electrons. The Morgan fingerprint density at radius 3 is 1.18 bits per heavy atom. The van der Waals surface area contributed by atoms with Crippen LogP contribution in [0.25, 0.3) is 0 Å². The van der Waals surface area contributed by atoms with Crippen molar-refractivity contribution in [2.45, 2.75) is 19.6 Å². The summed E-state index contributed by atoms with van der Waals surface area (Å²) in [4.78, 5) is 18.0. The van der Waals surface area contributed by atoms with E-state index in [0.717, 1.165) is 49.8 Å². The molecule has 3 N–H and O–H groups in total. The van der Waals surface area contributed by atoms with Crippen LogP contribution in [0.2, 0.25) is 0 Å². The number of hydrogen-bond donors (Lipinski definition) is 0. The third kappa shape index (κ3) is 24.4. The summed E-state index contributed by atoms with van der Waals surface area (Å²) in [7, 11) is -7.76. The van der Waals surface area contributed by atoms with Crippen LogP contribution in [0.5, 0.6) is 0 Å². The Kier molecular flexibility index (Phi) is 20.2. The minimum atomic E-state index is -4.94. The van der Waals surface area contributed by atoms with Gasteiger partial charge in [-0.3, -0.25) is 24.8 Å². The van der Waals surface area contributed by atoms with E-state index in [2.05, 4.69) is 50.0 Å². The average Bonchev–Trinajstić information content (AvgIpc) is 2.77. The summed E-state index contributed by atoms with van der Waals surface area (Å²) >= 11 is 0. The maximum Gasteiger partial charge on any atom is 2.00 e. The molecule has 0 unspecified atom stereocenters. The molecule has 0 amide bonds. The van der Waals surface area contributed by atoms with E-state index in [0.29, 0.717) is 0 Å². The summed E-state index contributed by atoms with van der Waals surface area (Å²) in [5, 5.41) is 0. The van der Waals surface area contributed by atoms with Crippen LogP contribution in [0.1, 0.15) is 17.1 Å². The Bertz CT molecular complexity index is 895. The van der Waals surface area contributed by atoms with Crippen molar-refractivity contribution in [1.29, 1.82) is 0 Å². The van der Waals surface area contributed by atoms with Crippen LogP contribution in [0.3, 0.4) is 0 Å². The van der Waals surface area contributed by atoms with Crippen LogP contribution in [-0.4, -0.2) is 44.9 Å². The van der Waals surface area contributed by atoms with Crippen LogP contribution in [-0.2, 0) is 42.2 Å². The molecule has 211 valence electrons. The van der Waals surface area contributed by atoms with Gasteiger partial charge in [-0.15, -0.1) is 20.5 Å². The fraction of sp³-hybridized carbons (Fsp3) is 0.286. The fourth-order valence-electron chi connectivity index (χ4n) is 2.81. The smallest absolute Gasteiger partial charge is 0.457 e. The van der Waals surface area contributed by atoms with Crippen molar-refractivity contribution in [3.8, 4) is 0 Å². The van der Waals surface area contributed by atoms with Gasteiger partial charge in [-0.25, -0.2) is 37.3 Å². The first kappa shape index (κ1) is 38.3. The molecule has 0 saturated heterocycles. The number of aromatic nitrogens is 3. The van der Waals surface area contributed by atoms with Gasteiger partial charge in [0.05, 0.1) is 17.1 Å². The van der Waals surface area contributed by atoms with Gasteiger partial charge in [0.15, 0.2) is 0 Å². The minimum absolute atomic E-state index is 0. The SMILES string of the molecule is CN(CCN(Cc1ccccn1)Cc1ccccn1)Cc1ccccn1.[Mn+2].[O-][Cl+3]([O-])([O-])[O-].[O-][Cl+3]([O-])([O-])[O-].[OH3+]. The first-order chi connectivity index (χ1) is 16.8. The van der Waals surface area contributed by atoms with Crippen molar-refractivity contribution in [2.75, 3.05) is 20.1 Å². The summed E-state index contributed by atoms with van der Waals surface area (Å²) in [5.74, 6) is 0. The topological polar surface area (TPSA) is 263 Å². The maximum absolute atomic E-state index is 8.49. The van der Waals surface area contributed by atoms with E-state index >= 15 is 0 Å². The van der Waals surface area contributed by atoms with Gasteiger partial charge in [0.25, 0.3) is 0 Å². The van der Waals surface area contributed by atoms with Gasteiger partial charge in [0.1, 0.15) is 0 Å². The predicted octanol–water partition coefficient (Wildman–Crippen LogP) is -7.43. The molecular formula is C21H28Cl2MnN5O9+. The number of rotatable bonds is 9. The van der Waals surface area contributed by atoms with E-state index in [1.165, 1.54) is 0 Å². The van der Waals surface area contributed by atoms with Crippen molar-refractivity contribution in [2.24, 2.45) is 0 Å². The number of halogens is 2. The van der Waals surface area contributed by atoms with Crippen molar-refractivity contribution >= 4 is 0 Å². The maximum atomic E-state index is 8.49. The van der Waals surface area contributed by atoms with E-state index in [4.69, 9.17) is 37.3 Å². The Morgan fingerprint density at radius 2 is 0.895 bits per heavy atom. The average molecular weight is 620 g/mol. The summed E-state index contributed by atoms with van der Waals surface area (Å²) in [5.41, 5.74) is 3.25. The quantitative estimate of drug-likeness (QED) is 0.159. The zero-order valence-electron chi connectivity index (χ0n) is 20.2. The van der Waals surface area contributed by atoms with Gasteiger partial charge in [-0.1, -0.05) is 18.2 Å². The van der Waals surface area contributed by atoms with Gasteiger partial charge >= 0.3 is 17.1 Å². The molecule has 38 heavy (non-hydrogen) atoms. The molecular weight excluding hydrogens is 592 g/mol. The molecule has 3 aromatic heterocycles. The van der Waals surface area contributed by atoms with Gasteiger partial charge < -0.3 is 5.48 Å². The van der Waals surface area contributed by atoms with E-state index in [-0.39, 0.29) is 22.5 Å². The molecule has 0 spiro atoms. The third-order valence-corrected chi connectivity index (χ3v) is 4.18. The number of likely N-dealkylation sites (N-methyl/N-ethyl adjacent to an activating group) is 1.